The summed E-state index contributed by atoms with van der Waals surface area (Å²) >= 11 is 0. The van der Waals surface area contributed by atoms with Gasteiger partial charge in [0.1, 0.15) is 34.1 Å². The van der Waals surface area contributed by atoms with E-state index >= 15 is 0 Å². The molecule has 0 radical (unpaired) electrons. The number of ether oxygens (including phenoxy) is 2. The van der Waals surface area contributed by atoms with E-state index in [-0.39, 0.29) is 33.8 Å². The number of benzene rings is 6. The Bertz CT molecular complexity index is 2210. The second-order valence-electron chi connectivity index (χ2n) is 11.7. The lowest BCUT2D eigenvalue weighted by Crippen LogP contribution is -2.28. The third kappa shape index (κ3) is 5.60. The van der Waals surface area contributed by atoms with Gasteiger partial charge in [0.15, 0.2) is 0 Å². The monoisotopic (exact) mass is 678 g/mol. The lowest BCUT2D eigenvalue weighted by Gasteiger charge is -2.34. The molecule has 250 valence electrons. The van der Waals surface area contributed by atoms with Gasteiger partial charge in [-0.2, -0.15) is 0 Å². The van der Waals surface area contributed by atoms with Crippen molar-refractivity contribution in [3.8, 4) is 34.1 Å². The minimum absolute atomic E-state index is 0.00855. The number of aromatic carboxylic acids is 4. The van der Waals surface area contributed by atoms with E-state index in [1.54, 1.807) is 24.3 Å². The Balaban J connectivity index is 1.31. The summed E-state index contributed by atoms with van der Waals surface area (Å²) in [4.78, 5) is 46.7. The van der Waals surface area contributed by atoms with E-state index in [2.05, 4.69) is 24.3 Å². The third-order valence-corrected chi connectivity index (χ3v) is 8.90. The molecule has 1 aliphatic rings. The third-order valence-electron chi connectivity index (χ3n) is 8.90. The molecular weight excluding hydrogens is 652 g/mol. The van der Waals surface area contributed by atoms with E-state index in [0.29, 0.717) is 11.5 Å². The molecule has 0 saturated carbocycles. The Labute approximate surface area is 290 Å². The van der Waals surface area contributed by atoms with Crippen molar-refractivity contribution in [3.63, 3.8) is 0 Å². The molecule has 0 fully saturated rings. The molecule has 0 heterocycles. The molecule has 0 bridgehead atoms. The molecule has 0 amide bonds. The highest BCUT2D eigenvalue weighted by Gasteiger charge is 2.45. The van der Waals surface area contributed by atoms with Gasteiger partial charge in [0, 0.05) is 0 Å². The Kier molecular flexibility index (Phi) is 8.04. The normalized spacial score (nSPS) is 12.3. The molecule has 10 heteroatoms. The van der Waals surface area contributed by atoms with Crippen LogP contribution in [0, 0.1) is 0 Å². The topological polar surface area (TPSA) is 168 Å². The van der Waals surface area contributed by atoms with Gasteiger partial charge in [-0.15, -0.1) is 0 Å². The maximum Gasteiger partial charge on any atom is 0.339 e. The second kappa shape index (κ2) is 12.7. The first-order valence-corrected chi connectivity index (χ1v) is 15.6. The number of fused-ring (bicyclic) bond motifs is 3. The van der Waals surface area contributed by atoms with Crippen molar-refractivity contribution >= 4 is 23.9 Å². The number of carboxylic acids is 4. The van der Waals surface area contributed by atoms with Gasteiger partial charge in [0.25, 0.3) is 0 Å². The molecule has 0 aliphatic heterocycles. The fraction of sp³-hybridized carbons (Fsp3) is 0.0244. The van der Waals surface area contributed by atoms with Crippen LogP contribution in [0.15, 0.2) is 133 Å². The smallest absolute Gasteiger partial charge is 0.339 e. The van der Waals surface area contributed by atoms with Crippen molar-refractivity contribution < 1.29 is 49.1 Å². The van der Waals surface area contributed by atoms with Gasteiger partial charge < -0.3 is 29.9 Å². The van der Waals surface area contributed by atoms with E-state index in [0.717, 1.165) is 45.5 Å². The van der Waals surface area contributed by atoms with E-state index in [1.807, 2.05) is 48.5 Å². The summed E-state index contributed by atoms with van der Waals surface area (Å²) in [5.74, 6) is -4.50. The molecule has 7 rings (SSSR count). The highest BCUT2D eigenvalue weighted by Crippen LogP contribution is 2.56. The molecule has 6 aromatic rings. The van der Waals surface area contributed by atoms with Gasteiger partial charge >= 0.3 is 23.9 Å². The van der Waals surface area contributed by atoms with Crippen LogP contribution in [0.1, 0.15) is 63.7 Å². The van der Waals surface area contributed by atoms with Crippen LogP contribution in [0.2, 0.25) is 0 Å². The van der Waals surface area contributed by atoms with Crippen LogP contribution in [-0.4, -0.2) is 44.3 Å². The van der Waals surface area contributed by atoms with Crippen molar-refractivity contribution in [3.05, 3.63) is 178 Å². The number of carboxylic acid groups (broad SMARTS) is 4. The van der Waals surface area contributed by atoms with Crippen LogP contribution in [-0.2, 0) is 5.41 Å². The molecular formula is C41H26O10. The quantitative estimate of drug-likeness (QED) is 0.110. The first-order chi connectivity index (χ1) is 24.6. The van der Waals surface area contributed by atoms with Gasteiger partial charge in [0.05, 0.1) is 16.5 Å². The summed E-state index contributed by atoms with van der Waals surface area (Å²) in [6, 6.07) is 37.9. The Morgan fingerprint density at radius 1 is 0.431 bits per heavy atom. The van der Waals surface area contributed by atoms with Crippen LogP contribution in [0.4, 0.5) is 0 Å². The fourth-order valence-corrected chi connectivity index (χ4v) is 6.66. The van der Waals surface area contributed by atoms with Crippen LogP contribution >= 0.6 is 0 Å². The van der Waals surface area contributed by atoms with Crippen LogP contribution in [0.5, 0.6) is 23.0 Å². The zero-order chi connectivity index (χ0) is 35.9. The zero-order valence-electron chi connectivity index (χ0n) is 26.4. The molecule has 0 saturated heterocycles. The second-order valence-corrected chi connectivity index (χ2v) is 11.7. The van der Waals surface area contributed by atoms with Crippen LogP contribution in [0.3, 0.4) is 0 Å². The maximum atomic E-state index is 11.9. The van der Waals surface area contributed by atoms with Crippen molar-refractivity contribution in [2.24, 2.45) is 0 Å². The number of hydrogen-bond donors (Lipinski definition) is 4. The predicted molar refractivity (Wildman–Crippen MR) is 185 cm³/mol. The summed E-state index contributed by atoms with van der Waals surface area (Å²) in [5.41, 5.74) is 4.12. The molecule has 0 aromatic heterocycles. The number of hydrogen-bond acceptors (Lipinski definition) is 6. The summed E-state index contributed by atoms with van der Waals surface area (Å²) in [5, 5.41) is 38.1. The molecule has 0 unspecified atom stereocenters. The molecule has 0 atom stereocenters. The first kappa shape index (κ1) is 32.4. The van der Waals surface area contributed by atoms with Crippen LogP contribution < -0.4 is 9.47 Å². The molecule has 10 nitrogen and oxygen atoms in total. The molecule has 0 spiro atoms. The average Bonchev–Trinajstić information content (AvgIpc) is 3.43. The molecule has 4 N–H and O–H groups in total. The first-order valence-electron chi connectivity index (χ1n) is 15.6. The minimum Gasteiger partial charge on any atom is -0.478 e. The summed E-state index contributed by atoms with van der Waals surface area (Å²) in [7, 11) is 0. The Morgan fingerprint density at radius 3 is 1.16 bits per heavy atom. The lowest BCUT2D eigenvalue weighted by atomic mass is 9.68. The predicted octanol–water partition coefficient (Wildman–Crippen LogP) is 8.43. The average molecular weight is 679 g/mol. The Morgan fingerprint density at radius 2 is 0.804 bits per heavy atom. The fourth-order valence-electron chi connectivity index (χ4n) is 6.66. The van der Waals surface area contributed by atoms with E-state index in [1.165, 1.54) is 24.3 Å². The van der Waals surface area contributed by atoms with E-state index in [9.17, 15) is 39.6 Å². The summed E-state index contributed by atoms with van der Waals surface area (Å²) in [6.45, 7) is 0. The lowest BCUT2D eigenvalue weighted by molar-refractivity contribution is 0.0674. The van der Waals surface area contributed by atoms with Gasteiger partial charge in [-0.1, -0.05) is 72.8 Å². The zero-order valence-corrected chi connectivity index (χ0v) is 26.4. The number of carbonyl (C=O) groups is 4. The van der Waals surface area contributed by atoms with Gasteiger partial charge in [-0.25, -0.2) is 19.2 Å². The Hall–Kier alpha value is -7.20. The molecule has 6 aromatic carbocycles. The maximum absolute atomic E-state index is 11.9. The minimum atomic E-state index is -1.33. The van der Waals surface area contributed by atoms with Gasteiger partial charge in [0.2, 0.25) is 0 Å². The van der Waals surface area contributed by atoms with Crippen molar-refractivity contribution in [1.82, 2.24) is 0 Å². The van der Waals surface area contributed by atoms with Crippen molar-refractivity contribution in [1.29, 1.82) is 0 Å². The largest absolute Gasteiger partial charge is 0.478 e. The molecule has 1 aliphatic carbocycles. The van der Waals surface area contributed by atoms with Gasteiger partial charge in [-0.05, 0) is 94.0 Å². The molecule has 51 heavy (non-hydrogen) atoms. The number of rotatable bonds is 10. The highest BCUT2D eigenvalue weighted by molar-refractivity contribution is 5.97. The van der Waals surface area contributed by atoms with E-state index < -0.39 is 29.3 Å². The van der Waals surface area contributed by atoms with Gasteiger partial charge in [-0.3, -0.25) is 0 Å². The highest BCUT2D eigenvalue weighted by atomic mass is 16.5. The van der Waals surface area contributed by atoms with Crippen molar-refractivity contribution in [2.45, 2.75) is 5.41 Å². The standard InChI is InChI=1S/C41H26O10/c42-37(43)23-9-19-35(31(21-23)39(46)47)50-27-15-11-25(12-16-27)41(33-7-3-1-5-29(33)30-6-2-4-8-34(30)41)26-13-17-28(18-14-26)51-36-20-10-24(38(44)45)22-32(36)40(48)49/h1-22H,(H,42,43)(H,44,45)(H,46,47)(H,48,49). The summed E-state index contributed by atoms with van der Waals surface area (Å²) in [6.07, 6.45) is 0. The SMILES string of the molecule is O=C(O)c1ccc(Oc2ccc(C3(c4ccc(Oc5ccc(C(=O)O)cc5C(=O)O)cc4)c4ccccc4-c4ccccc43)cc2)c(C(=O)O)c1. The van der Waals surface area contributed by atoms with Crippen LogP contribution in [0.25, 0.3) is 11.1 Å². The van der Waals surface area contributed by atoms with Crippen molar-refractivity contribution in [2.75, 3.05) is 0 Å². The summed E-state index contributed by atoms with van der Waals surface area (Å²) < 4.78 is 11.9. The van der Waals surface area contributed by atoms with E-state index in [4.69, 9.17) is 9.47 Å².